The minimum atomic E-state index is -0.521. The summed E-state index contributed by atoms with van der Waals surface area (Å²) in [7, 11) is 0. The van der Waals surface area contributed by atoms with Gasteiger partial charge in [0.05, 0.1) is 5.75 Å². The fraction of sp³-hybridized carbons (Fsp3) is 0.308. The Morgan fingerprint density at radius 3 is 2.89 bits per heavy atom. The second-order valence-corrected chi connectivity index (χ2v) is 5.29. The maximum absolute atomic E-state index is 12.0. The highest BCUT2D eigenvalue weighted by atomic mass is 32.2. The number of anilines is 1. The van der Waals surface area contributed by atoms with Crippen molar-refractivity contribution in [3.63, 3.8) is 0 Å². The van der Waals surface area contributed by atoms with Crippen molar-refractivity contribution < 1.29 is 14.4 Å². The van der Waals surface area contributed by atoms with Crippen LogP contribution >= 0.6 is 11.8 Å². The molecule has 1 aromatic rings. The van der Waals surface area contributed by atoms with Crippen molar-refractivity contribution in [2.24, 2.45) is 0 Å². The molecule has 0 radical (unpaired) electrons. The summed E-state index contributed by atoms with van der Waals surface area (Å²) in [4.78, 5) is 34.4. The third-order valence-electron chi connectivity index (χ3n) is 2.71. The van der Waals surface area contributed by atoms with E-state index >= 15 is 0 Å². The molecule has 1 fully saturated rings. The van der Waals surface area contributed by atoms with E-state index in [0.29, 0.717) is 22.8 Å². The van der Waals surface area contributed by atoms with E-state index in [4.69, 9.17) is 0 Å². The van der Waals surface area contributed by atoms with Gasteiger partial charge >= 0.3 is 0 Å². The second kappa shape index (κ2) is 5.88. The van der Waals surface area contributed by atoms with Crippen molar-refractivity contribution in [2.75, 3.05) is 16.8 Å². The first-order valence-electron chi connectivity index (χ1n) is 5.85. The lowest BCUT2D eigenvalue weighted by Crippen LogP contribution is -2.49. The maximum Gasteiger partial charge on any atom is 0.247 e. The van der Waals surface area contributed by atoms with E-state index in [9.17, 15) is 14.4 Å². The molecule has 5 nitrogen and oxygen atoms in total. The van der Waals surface area contributed by atoms with Crippen LogP contribution in [0.4, 0.5) is 5.69 Å². The van der Waals surface area contributed by atoms with Gasteiger partial charge < -0.3 is 10.6 Å². The van der Waals surface area contributed by atoms with E-state index < -0.39 is 6.04 Å². The summed E-state index contributed by atoms with van der Waals surface area (Å²) in [6, 6.07) is 6.21. The molecular formula is C13H14N2O3S. The number of amides is 2. The lowest BCUT2D eigenvalue weighted by molar-refractivity contribution is -0.124. The predicted octanol–water partition coefficient (Wildman–Crippen LogP) is 1.06. The summed E-state index contributed by atoms with van der Waals surface area (Å²) >= 11 is 1.43. The standard InChI is InChI=1S/C13H14N2O3S/c1-8(16)9-3-2-4-10(5-9)14-13(18)11-6-19-7-12(17)15-11/h2-5,11H,6-7H2,1H3,(H,14,18)(H,15,17). The molecule has 100 valence electrons. The Hall–Kier alpha value is -1.82. The topological polar surface area (TPSA) is 75.3 Å². The van der Waals surface area contributed by atoms with Gasteiger partial charge in [-0.15, -0.1) is 11.8 Å². The zero-order valence-electron chi connectivity index (χ0n) is 10.4. The molecule has 0 aliphatic carbocycles. The molecule has 2 N–H and O–H groups in total. The molecule has 1 unspecified atom stereocenters. The molecule has 1 saturated heterocycles. The third kappa shape index (κ3) is 3.57. The van der Waals surface area contributed by atoms with Crippen LogP contribution in [0.5, 0.6) is 0 Å². The molecular weight excluding hydrogens is 264 g/mol. The SMILES string of the molecule is CC(=O)c1cccc(NC(=O)C2CSCC(=O)N2)c1. The predicted molar refractivity (Wildman–Crippen MR) is 74.3 cm³/mol. The van der Waals surface area contributed by atoms with Crippen LogP contribution in [0.1, 0.15) is 17.3 Å². The average molecular weight is 278 g/mol. The molecule has 0 saturated carbocycles. The number of Topliss-reactive ketones (excluding diaryl/α,β-unsaturated/α-hetero) is 1. The van der Waals surface area contributed by atoms with Crippen molar-refractivity contribution in [3.05, 3.63) is 29.8 Å². The number of hydrogen-bond acceptors (Lipinski definition) is 4. The molecule has 1 atom stereocenters. The summed E-state index contributed by atoms with van der Waals surface area (Å²) in [6.45, 7) is 1.47. The van der Waals surface area contributed by atoms with Gasteiger partial charge in [-0.25, -0.2) is 0 Å². The van der Waals surface area contributed by atoms with Crippen LogP contribution in [0.15, 0.2) is 24.3 Å². The van der Waals surface area contributed by atoms with E-state index in [1.54, 1.807) is 24.3 Å². The number of hydrogen-bond donors (Lipinski definition) is 2. The highest BCUT2D eigenvalue weighted by Gasteiger charge is 2.25. The lowest BCUT2D eigenvalue weighted by atomic mass is 10.1. The van der Waals surface area contributed by atoms with Crippen LogP contribution in [0.3, 0.4) is 0 Å². The highest BCUT2D eigenvalue weighted by Crippen LogP contribution is 2.14. The minimum absolute atomic E-state index is 0.0578. The first-order chi connectivity index (χ1) is 9.06. The van der Waals surface area contributed by atoms with Gasteiger partial charge in [0.25, 0.3) is 0 Å². The summed E-state index contributed by atoms with van der Waals surface area (Å²) in [6.07, 6.45) is 0. The van der Waals surface area contributed by atoms with Crippen molar-refractivity contribution in [1.82, 2.24) is 5.32 Å². The Morgan fingerprint density at radius 2 is 2.21 bits per heavy atom. The molecule has 19 heavy (non-hydrogen) atoms. The van der Waals surface area contributed by atoms with Crippen molar-refractivity contribution in [2.45, 2.75) is 13.0 Å². The number of carbonyl (C=O) groups is 3. The quantitative estimate of drug-likeness (QED) is 0.811. The van der Waals surface area contributed by atoms with Crippen LogP contribution in [0.25, 0.3) is 0 Å². The van der Waals surface area contributed by atoms with E-state index in [1.165, 1.54) is 18.7 Å². The van der Waals surface area contributed by atoms with Gasteiger partial charge in [0.2, 0.25) is 11.8 Å². The number of carbonyl (C=O) groups excluding carboxylic acids is 3. The summed E-state index contributed by atoms with van der Waals surface area (Å²) in [5.74, 6) is 0.501. The van der Waals surface area contributed by atoms with Crippen LogP contribution in [0, 0.1) is 0 Å². The zero-order valence-corrected chi connectivity index (χ0v) is 11.3. The van der Waals surface area contributed by atoms with Gasteiger partial charge in [-0.1, -0.05) is 12.1 Å². The number of nitrogens with one attached hydrogen (secondary N) is 2. The van der Waals surface area contributed by atoms with Crippen LogP contribution in [-0.4, -0.2) is 35.1 Å². The number of rotatable bonds is 3. The van der Waals surface area contributed by atoms with E-state index in [-0.39, 0.29) is 17.6 Å². The smallest absolute Gasteiger partial charge is 0.247 e. The second-order valence-electron chi connectivity index (χ2n) is 4.26. The molecule has 1 heterocycles. The van der Waals surface area contributed by atoms with Gasteiger partial charge in [0.15, 0.2) is 5.78 Å². The first kappa shape index (κ1) is 13.6. The molecule has 6 heteroatoms. The average Bonchev–Trinajstić information content (AvgIpc) is 2.39. The highest BCUT2D eigenvalue weighted by molar-refractivity contribution is 8.00. The zero-order chi connectivity index (χ0) is 13.8. The maximum atomic E-state index is 12.0. The first-order valence-corrected chi connectivity index (χ1v) is 7.00. The van der Waals surface area contributed by atoms with Gasteiger partial charge in [-0.2, -0.15) is 0 Å². The van der Waals surface area contributed by atoms with E-state index in [1.807, 2.05) is 0 Å². The molecule has 1 aliphatic rings. The number of thioether (sulfide) groups is 1. The third-order valence-corrected chi connectivity index (χ3v) is 3.74. The summed E-state index contributed by atoms with van der Waals surface area (Å²) in [5, 5.41) is 5.34. The van der Waals surface area contributed by atoms with E-state index in [0.717, 1.165) is 0 Å². The Balaban J connectivity index is 2.04. The van der Waals surface area contributed by atoms with Gasteiger partial charge in [-0.05, 0) is 19.1 Å². The molecule has 2 amide bonds. The molecule has 1 aromatic carbocycles. The van der Waals surface area contributed by atoms with Gasteiger partial charge in [0, 0.05) is 17.0 Å². The molecule has 0 spiro atoms. The molecule has 1 aliphatic heterocycles. The van der Waals surface area contributed by atoms with Crippen molar-refractivity contribution in [3.8, 4) is 0 Å². The summed E-state index contributed by atoms with van der Waals surface area (Å²) < 4.78 is 0. The van der Waals surface area contributed by atoms with Crippen LogP contribution < -0.4 is 10.6 Å². The monoisotopic (exact) mass is 278 g/mol. The molecule has 2 rings (SSSR count). The number of benzene rings is 1. The number of ketones is 1. The molecule has 0 aromatic heterocycles. The lowest BCUT2D eigenvalue weighted by Gasteiger charge is -2.22. The fourth-order valence-electron chi connectivity index (χ4n) is 1.73. The Labute approximate surface area is 115 Å². The summed E-state index contributed by atoms with van der Waals surface area (Å²) in [5.41, 5.74) is 1.10. The van der Waals surface area contributed by atoms with E-state index in [2.05, 4.69) is 10.6 Å². The Morgan fingerprint density at radius 1 is 1.42 bits per heavy atom. The van der Waals surface area contributed by atoms with Gasteiger partial charge in [0.1, 0.15) is 6.04 Å². The van der Waals surface area contributed by atoms with Crippen LogP contribution in [-0.2, 0) is 9.59 Å². The fourth-order valence-corrected chi connectivity index (χ4v) is 2.59. The van der Waals surface area contributed by atoms with Crippen molar-refractivity contribution >= 4 is 35.0 Å². The molecule has 0 bridgehead atoms. The van der Waals surface area contributed by atoms with Crippen LogP contribution in [0.2, 0.25) is 0 Å². The van der Waals surface area contributed by atoms with Crippen molar-refractivity contribution in [1.29, 1.82) is 0 Å². The Kier molecular flexibility index (Phi) is 4.21. The minimum Gasteiger partial charge on any atom is -0.343 e. The normalized spacial score (nSPS) is 18.6. The Bertz CT molecular complexity index is 530. The largest absolute Gasteiger partial charge is 0.343 e. The van der Waals surface area contributed by atoms with Gasteiger partial charge in [-0.3, -0.25) is 14.4 Å².